The van der Waals surface area contributed by atoms with Crippen LogP contribution in [-0.2, 0) is 11.3 Å². The molecule has 26 heavy (non-hydrogen) atoms. The number of thioether (sulfide) groups is 1. The average Bonchev–Trinajstić information content (AvgIpc) is 3.18. The highest BCUT2D eigenvalue weighted by Crippen LogP contribution is 2.25. The van der Waals surface area contributed by atoms with E-state index in [1.807, 2.05) is 30.5 Å². The van der Waals surface area contributed by atoms with Crippen molar-refractivity contribution < 1.29 is 9.21 Å². The van der Waals surface area contributed by atoms with Gasteiger partial charge in [0.1, 0.15) is 5.69 Å². The molecule has 3 rings (SSSR count). The van der Waals surface area contributed by atoms with Crippen LogP contribution in [0.3, 0.4) is 0 Å². The number of hydrogen-bond donors (Lipinski definition) is 1. The monoisotopic (exact) mass is 369 g/mol. The first kappa shape index (κ1) is 18.0. The Balaban J connectivity index is 1.75. The van der Waals surface area contributed by atoms with Crippen molar-refractivity contribution in [2.24, 2.45) is 5.92 Å². The van der Waals surface area contributed by atoms with Gasteiger partial charge in [0.05, 0.1) is 24.4 Å². The van der Waals surface area contributed by atoms with Crippen molar-refractivity contribution in [2.45, 2.75) is 18.4 Å². The largest absolute Gasteiger partial charge is 0.463 e. The maximum absolute atomic E-state index is 12.5. The zero-order valence-corrected chi connectivity index (χ0v) is 15.3. The summed E-state index contributed by atoms with van der Waals surface area (Å²) in [6, 6.07) is 14.2. The number of para-hydroxylation sites is 1. The van der Waals surface area contributed by atoms with Gasteiger partial charge in [-0.25, -0.2) is 4.68 Å². The van der Waals surface area contributed by atoms with Gasteiger partial charge in [-0.1, -0.05) is 19.1 Å². The lowest BCUT2D eigenvalue weighted by atomic mass is 10.1. The van der Waals surface area contributed by atoms with Gasteiger partial charge in [0.2, 0.25) is 5.91 Å². The second-order valence-corrected chi connectivity index (χ2v) is 6.65. The molecule has 0 radical (unpaired) electrons. The highest BCUT2D eigenvalue weighted by molar-refractivity contribution is 7.98. The van der Waals surface area contributed by atoms with Crippen LogP contribution in [0.1, 0.15) is 6.92 Å². The molecule has 1 N–H and O–H groups in total. The van der Waals surface area contributed by atoms with Gasteiger partial charge in [-0.05, 0) is 36.6 Å². The summed E-state index contributed by atoms with van der Waals surface area (Å²) in [5.41, 5.74) is 1.06. The van der Waals surface area contributed by atoms with E-state index >= 15 is 0 Å². The minimum atomic E-state index is -0.429. The van der Waals surface area contributed by atoms with Gasteiger partial charge >= 0.3 is 0 Å². The third-order valence-electron chi connectivity index (χ3n) is 3.90. The fourth-order valence-electron chi connectivity index (χ4n) is 2.48. The SMILES string of the molecule is CSc1ccccc1NC(=O)[C@H](C)Cn1nc(-c2ccco2)ccc1=O. The number of rotatable bonds is 6. The van der Waals surface area contributed by atoms with Crippen molar-refractivity contribution >= 4 is 23.4 Å². The van der Waals surface area contributed by atoms with Crippen LogP contribution in [-0.4, -0.2) is 21.9 Å². The molecule has 0 aliphatic heterocycles. The zero-order valence-electron chi connectivity index (χ0n) is 14.5. The Morgan fingerprint density at radius 2 is 2.04 bits per heavy atom. The Morgan fingerprint density at radius 1 is 1.23 bits per heavy atom. The molecule has 0 unspecified atom stereocenters. The molecular weight excluding hydrogens is 350 g/mol. The zero-order chi connectivity index (χ0) is 18.5. The molecule has 0 bridgehead atoms. The third kappa shape index (κ3) is 4.05. The summed E-state index contributed by atoms with van der Waals surface area (Å²) in [6.45, 7) is 1.95. The van der Waals surface area contributed by atoms with Crippen molar-refractivity contribution in [2.75, 3.05) is 11.6 Å². The Kier molecular flexibility index (Phi) is 5.58. The Morgan fingerprint density at radius 3 is 2.77 bits per heavy atom. The molecule has 1 aromatic carbocycles. The molecule has 1 atom stereocenters. The smallest absolute Gasteiger partial charge is 0.266 e. The molecule has 134 valence electrons. The molecule has 0 saturated heterocycles. The number of carbonyl (C=O) groups is 1. The van der Waals surface area contributed by atoms with Crippen LogP contribution in [0.25, 0.3) is 11.5 Å². The first-order valence-electron chi connectivity index (χ1n) is 8.14. The predicted molar refractivity (Wildman–Crippen MR) is 102 cm³/mol. The molecular formula is C19H19N3O3S. The van der Waals surface area contributed by atoms with E-state index in [0.717, 1.165) is 10.6 Å². The summed E-state index contributed by atoms with van der Waals surface area (Å²) in [4.78, 5) is 25.6. The fourth-order valence-corrected chi connectivity index (χ4v) is 3.04. The molecule has 0 saturated carbocycles. The lowest BCUT2D eigenvalue weighted by Gasteiger charge is -2.15. The van der Waals surface area contributed by atoms with Gasteiger partial charge in [0.25, 0.3) is 5.56 Å². The Labute approximate surface area is 155 Å². The quantitative estimate of drug-likeness (QED) is 0.673. The normalized spacial score (nSPS) is 11.9. The molecule has 6 nitrogen and oxygen atoms in total. The molecule has 7 heteroatoms. The van der Waals surface area contributed by atoms with Crippen molar-refractivity contribution in [3.05, 3.63) is 65.1 Å². The number of nitrogens with one attached hydrogen (secondary N) is 1. The first-order chi connectivity index (χ1) is 12.6. The maximum Gasteiger partial charge on any atom is 0.266 e. The number of amides is 1. The van der Waals surface area contributed by atoms with Crippen molar-refractivity contribution in [3.8, 4) is 11.5 Å². The van der Waals surface area contributed by atoms with Crippen LogP contribution in [0.5, 0.6) is 0 Å². The Hall–Kier alpha value is -2.80. The second kappa shape index (κ2) is 8.05. The third-order valence-corrected chi connectivity index (χ3v) is 4.70. The lowest BCUT2D eigenvalue weighted by Crippen LogP contribution is -2.31. The summed E-state index contributed by atoms with van der Waals surface area (Å²) in [5.74, 6) is -0.0182. The maximum atomic E-state index is 12.5. The van der Waals surface area contributed by atoms with E-state index in [1.165, 1.54) is 10.7 Å². The molecule has 0 aliphatic rings. The van der Waals surface area contributed by atoms with Crippen LogP contribution in [0, 0.1) is 5.92 Å². The molecule has 2 heterocycles. The van der Waals surface area contributed by atoms with Crippen molar-refractivity contribution in [3.63, 3.8) is 0 Å². The molecule has 3 aromatic rings. The van der Waals surface area contributed by atoms with Crippen LogP contribution >= 0.6 is 11.8 Å². The van der Waals surface area contributed by atoms with Gasteiger partial charge in [-0.15, -0.1) is 11.8 Å². The van der Waals surface area contributed by atoms with E-state index in [2.05, 4.69) is 10.4 Å². The molecule has 0 fully saturated rings. The number of benzene rings is 1. The van der Waals surface area contributed by atoms with Crippen molar-refractivity contribution in [1.29, 1.82) is 0 Å². The lowest BCUT2D eigenvalue weighted by molar-refractivity contribution is -0.119. The molecule has 2 aromatic heterocycles. The summed E-state index contributed by atoms with van der Waals surface area (Å²) in [7, 11) is 0. The number of carbonyl (C=O) groups excluding carboxylic acids is 1. The van der Waals surface area contributed by atoms with Gasteiger partial charge in [-0.3, -0.25) is 9.59 Å². The van der Waals surface area contributed by atoms with E-state index in [1.54, 1.807) is 43.1 Å². The second-order valence-electron chi connectivity index (χ2n) is 5.81. The van der Waals surface area contributed by atoms with Crippen LogP contribution in [0.15, 0.2) is 68.9 Å². The van der Waals surface area contributed by atoms with E-state index in [0.29, 0.717) is 11.5 Å². The summed E-state index contributed by atoms with van der Waals surface area (Å²) in [5, 5.41) is 7.23. The molecule has 0 spiro atoms. The Bertz CT molecular complexity index is 951. The predicted octanol–water partition coefficient (Wildman–Crippen LogP) is 3.50. The summed E-state index contributed by atoms with van der Waals surface area (Å²) >= 11 is 1.56. The number of aromatic nitrogens is 2. The van der Waals surface area contributed by atoms with E-state index < -0.39 is 5.92 Å². The minimum absolute atomic E-state index is 0.163. The number of furan rings is 1. The van der Waals surface area contributed by atoms with E-state index in [9.17, 15) is 9.59 Å². The van der Waals surface area contributed by atoms with Gasteiger partial charge in [0.15, 0.2) is 5.76 Å². The highest BCUT2D eigenvalue weighted by Gasteiger charge is 2.17. The van der Waals surface area contributed by atoms with E-state index in [4.69, 9.17) is 4.42 Å². The fraction of sp³-hybridized carbons (Fsp3) is 0.211. The van der Waals surface area contributed by atoms with Crippen LogP contribution in [0.4, 0.5) is 5.69 Å². The topological polar surface area (TPSA) is 77.1 Å². The average molecular weight is 369 g/mol. The van der Waals surface area contributed by atoms with Crippen molar-refractivity contribution in [1.82, 2.24) is 9.78 Å². The summed E-state index contributed by atoms with van der Waals surface area (Å²) < 4.78 is 6.61. The van der Waals surface area contributed by atoms with Gasteiger partial charge < -0.3 is 9.73 Å². The number of nitrogens with zero attached hydrogens (tertiary/aromatic N) is 2. The van der Waals surface area contributed by atoms with Crippen LogP contribution in [0.2, 0.25) is 0 Å². The van der Waals surface area contributed by atoms with E-state index in [-0.39, 0.29) is 18.0 Å². The highest BCUT2D eigenvalue weighted by atomic mass is 32.2. The molecule has 0 aliphatic carbocycles. The number of anilines is 1. The molecule has 1 amide bonds. The number of hydrogen-bond acceptors (Lipinski definition) is 5. The first-order valence-corrected chi connectivity index (χ1v) is 9.37. The minimum Gasteiger partial charge on any atom is -0.463 e. The summed E-state index contributed by atoms with van der Waals surface area (Å²) in [6.07, 6.45) is 3.50. The van der Waals surface area contributed by atoms with Gasteiger partial charge in [-0.2, -0.15) is 5.10 Å². The van der Waals surface area contributed by atoms with Gasteiger partial charge in [0, 0.05) is 11.0 Å². The van der Waals surface area contributed by atoms with Crippen LogP contribution < -0.4 is 10.9 Å². The standard InChI is InChI=1S/C19H19N3O3S/c1-13(19(24)20-15-6-3-4-8-17(15)26-2)12-22-18(23)10-9-14(21-22)16-7-5-11-25-16/h3-11,13H,12H2,1-2H3,(H,20,24)/t13-/m1/s1.